The molecule has 0 aromatic heterocycles. The number of esters is 2. The molecule has 45 heavy (non-hydrogen) atoms. The van der Waals surface area contributed by atoms with Crippen LogP contribution in [0.5, 0.6) is 0 Å². The van der Waals surface area contributed by atoms with Crippen LogP contribution >= 0.6 is 15.9 Å². The Morgan fingerprint density at radius 1 is 0.933 bits per heavy atom. The molecule has 0 aromatic carbocycles. The van der Waals surface area contributed by atoms with E-state index in [2.05, 4.69) is 34.0 Å². The van der Waals surface area contributed by atoms with Crippen molar-refractivity contribution in [2.45, 2.75) is 162 Å². The van der Waals surface area contributed by atoms with Gasteiger partial charge >= 0.3 is 11.9 Å². The summed E-state index contributed by atoms with van der Waals surface area (Å²) in [5.41, 5.74) is -0.661. The van der Waals surface area contributed by atoms with E-state index in [-0.39, 0.29) is 120 Å². The van der Waals surface area contributed by atoms with E-state index >= 15 is 0 Å². The molecular formula is C32H44BBrN2O8U. The topological polar surface area (TPSA) is 98.2 Å². The first-order valence-corrected chi connectivity index (χ1v) is 16.4. The zero-order valence-electron chi connectivity index (χ0n) is 27.5. The third kappa shape index (κ3) is 8.58. The van der Waals surface area contributed by atoms with Gasteiger partial charge in [0.2, 0.25) is 12.1 Å². The number of hydrogen-bond acceptors (Lipinski definition) is 8. The van der Waals surface area contributed by atoms with E-state index in [0.29, 0.717) is 0 Å². The molecule has 2 aliphatic carbocycles. The van der Waals surface area contributed by atoms with Gasteiger partial charge < -0.3 is 38.1 Å². The maximum Gasteiger partial charge on any atom is 0.303 e. The fraction of sp³-hybridized carbons (Fsp3) is 0.812. The van der Waals surface area contributed by atoms with Gasteiger partial charge in [0.1, 0.15) is 23.9 Å². The second kappa shape index (κ2) is 16.0. The predicted molar refractivity (Wildman–Crippen MR) is 166 cm³/mol. The van der Waals surface area contributed by atoms with E-state index in [4.69, 9.17) is 42.9 Å². The Labute approximate surface area is 302 Å². The molecule has 2 radical (unpaired) electrons. The number of ether oxygens (including phenoxy) is 6. The number of carbonyl (C=O) groups excluding carboxylic acids is 2. The summed E-state index contributed by atoms with van der Waals surface area (Å²) in [5, 5.41) is 0. The SMILES string of the molecule is [2H][B].[C-]#[N+][C@H](C)C[C@H]1CC[C@@H]2O[C@@H]3CC2(C=C[C@H]3OC(C)=O)O1.[C-]#[N+][C@H](C)C[C@H]1CC[C@@H]2O[C@@H]3CC2(C[C@H](Br)[C@H]3OC(C)=O)O1.[U]. The molecule has 0 amide bonds. The van der Waals surface area contributed by atoms with Crippen LogP contribution in [-0.4, -0.2) is 98.6 Å². The Bertz CT molecular complexity index is 1190. The van der Waals surface area contributed by atoms with Gasteiger partial charge in [-0.25, -0.2) is 13.1 Å². The van der Waals surface area contributed by atoms with Gasteiger partial charge in [0, 0.05) is 92.9 Å². The summed E-state index contributed by atoms with van der Waals surface area (Å²) in [6.07, 6.45) is 11.1. The Hall–Kier alpha value is -0.903. The molecule has 1 saturated carbocycles. The van der Waals surface area contributed by atoms with Crippen molar-refractivity contribution in [3.63, 3.8) is 0 Å². The fourth-order valence-electron chi connectivity index (χ4n) is 7.77. The fourth-order valence-corrected chi connectivity index (χ4v) is 8.77. The molecule has 4 bridgehead atoms. The summed E-state index contributed by atoms with van der Waals surface area (Å²) in [7, 11) is 3.75. The molecule has 2 unspecified atom stereocenters. The first kappa shape index (κ1) is 36.9. The number of rotatable bonds is 6. The molecular weight excluding hydrogens is 869 g/mol. The van der Waals surface area contributed by atoms with Gasteiger partial charge in [0.05, 0.1) is 40.9 Å². The van der Waals surface area contributed by atoms with Crippen molar-refractivity contribution in [2.75, 3.05) is 0 Å². The molecule has 13 heteroatoms. The molecule has 0 aromatic rings. The van der Waals surface area contributed by atoms with Crippen LogP contribution in [0.4, 0.5) is 0 Å². The minimum absolute atomic E-state index is 0. The van der Waals surface area contributed by atoms with E-state index in [1.807, 2.05) is 26.0 Å². The number of carbonyl (C=O) groups is 2. The molecule has 6 rings (SSSR count). The predicted octanol–water partition coefficient (Wildman–Crippen LogP) is 4.47. The second-order valence-electron chi connectivity index (χ2n) is 13.0. The van der Waals surface area contributed by atoms with Gasteiger partial charge in [0.25, 0.3) is 0 Å². The number of halogens is 1. The van der Waals surface area contributed by atoms with Crippen LogP contribution in [0.15, 0.2) is 12.2 Å². The minimum Gasteiger partial charge on any atom is -0.459 e. The third-order valence-electron chi connectivity index (χ3n) is 9.62. The molecule has 244 valence electrons. The van der Waals surface area contributed by atoms with Crippen LogP contribution in [0, 0.1) is 44.3 Å². The zero-order valence-corrected chi connectivity index (χ0v) is 32.2. The quantitative estimate of drug-likeness (QED) is 0.127. The standard InChI is InChI=1S/C16H22BrNO4.C16H21NO4.BH.U/c1-9(18-3)6-11-4-5-14-16(22-11)7-12(17)15(20-10(2)19)13(8-16)21-14;1-10(17-3)8-12-4-5-15-16(21-12)7-6-13(19-11(2)18)14(9-16)20-15;;/h9,11-15H,4-8H2,1-2H3;6-7,10,12-15H,4-5,8-9H2,1-2H3;1H;/t9-,11-,12+,13-,14+,15-,16?;10-,12-,13-,14-,15+,16?;;/m11../s1/i;;1D;. The first-order chi connectivity index (χ1) is 21.5. The summed E-state index contributed by atoms with van der Waals surface area (Å²) < 4.78 is 40.9. The van der Waals surface area contributed by atoms with Crippen molar-refractivity contribution >= 4 is 36.2 Å². The monoisotopic (exact) mass is 913 g/mol. The maximum atomic E-state index is 11.3. The summed E-state index contributed by atoms with van der Waals surface area (Å²) in [6, 6.07) is -0.0179. The number of alkyl halides is 1. The van der Waals surface area contributed by atoms with Crippen LogP contribution in [0.25, 0.3) is 9.69 Å². The molecule has 13 atom stereocenters. The largest absolute Gasteiger partial charge is 0.459 e. The minimum atomic E-state index is -0.383. The van der Waals surface area contributed by atoms with Crippen molar-refractivity contribution in [3.8, 4) is 0 Å². The second-order valence-corrected chi connectivity index (χ2v) is 14.2. The number of hydrogen-bond donors (Lipinski definition) is 0. The van der Waals surface area contributed by atoms with Crippen molar-refractivity contribution in [3.05, 3.63) is 35.0 Å². The van der Waals surface area contributed by atoms with E-state index < -0.39 is 0 Å². The number of nitrogens with zero attached hydrogens (tertiary/aromatic N) is 2. The molecule has 5 fully saturated rings. The average molecular weight is 914 g/mol. The summed E-state index contributed by atoms with van der Waals surface area (Å²) in [4.78, 5) is 29.6. The Kier molecular flexibility index (Phi) is 13.1. The van der Waals surface area contributed by atoms with Crippen molar-refractivity contribution in [1.82, 2.24) is 0 Å². The van der Waals surface area contributed by atoms with Crippen molar-refractivity contribution in [2.24, 2.45) is 0 Å². The van der Waals surface area contributed by atoms with Gasteiger partial charge in [-0.3, -0.25) is 9.59 Å². The molecule has 4 saturated heterocycles. The summed E-state index contributed by atoms with van der Waals surface area (Å²) in [6.45, 7) is 20.9. The van der Waals surface area contributed by atoms with Gasteiger partial charge in [-0.1, -0.05) is 22.0 Å². The van der Waals surface area contributed by atoms with Crippen LogP contribution in [0.3, 0.4) is 0 Å². The van der Waals surface area contributed by atoms with Crippen LogP contribution in [0.2, 0.25) is 0 Å². The van der Waals surface area contributed by atoms with Crippen molar-refractivity contribution < 1.29 is 69.1 Å². The summed E-state index contributed by atoms with van der Waals surface area (Å²) >= 11 is 3.66. The van der Waals surface area contributed by atoms with E-state index in [1.54, 1.807) is 0 Å². The third-order valence-corrected chi connectivity index (χ3v) is 10.5. The van der Waals surface area contributed by atoms with Gasteiger partial charge in [-0.05, 0) is 39.5 Å². The van der Waals surface area contributed by atoms with E-state index in [9.17, 15) is 9.59 Å². The normalized spacial score (nSPS) is 41.6. The van der Waals surface area contributed by atoms with E-state index in [1.165, 1.54) is 13.8 Å². The van der Waals surface area contributed by atoms with Gasteiger partial charge in [0.15, 0.2) is 0 Å². The molecule has 4 heterocycles. The Balaban J connectivity index is 0.000000233. The molecule has 4 aliphatic heterocycles. The van der Waals surface area contributed by atoms with Gasteiger partial charge in [-0.15, -0.1) is 0 Å². The summed E-state index contributed by atoms with van der Waals surface area (Å²) in [5.74, 6) is -0.558. The van der Waals surface area contributed by atoms with Gasteiger partial charge in [-0.2, -0.15) is 0 Å². The smallest absolute Gasteiger partial charge is 0.303 e. The first-order valence-electron chi connectivity index (χ1n) is 16.1. The Morgan fingerprint density at radius 3 is 2.11 bits per heavy atom. The molecule has 0 N–H and O–H groups in total. The van der Waals surface area contributed by atoms with Crippen LogP contribution in [-0.2, 0) is 38.0 Å². The van der Waals surface area contributed by atoms with E-state index in [0.717, 1.165) is 57.8 Å². The number of fused-ring (bicyclic) bond motifs is 2. The average Bonchev–Trinajstić information content (AvgIpc) is 3.49. The Morgan fingerprint density at radius 2 is 1.51 bits per heavy atom. The molecule has 10 nitrogen and oxygen atoms in total. The zero-order chi connectivity index (χ0) is 32.9. The molecule has 2 spiro atoms. The van der Waals surface area contributed by atoms with Crippen LogP contribution in [0.1, 0.15) is 85.5 Å². The van der Waals surface area contributed by atoms with Crippen LogP contribution < -0.4 is 0 Å². The van der Waals surface area contributed by atoms with Crippen molar-refractivity contribution in [1.29, 1.82) is 1.34 Å². The maximum absolute atomic E-state index is 11.3. The molecule has 6 aliphatic rings.